The van der Waals surface area contributed by atoms with Gasteiger partial charge in [-0.3, -0.25) is 0 Å². The summed E-state index contributed by atoms with van der Waals surface area (Å²) in [4.78, 5) is 3.74. The minimum atomic E-state index is -0.488. The normalized spacial score (nSPS) is 15.7. The van der Waals surface area contributed by atoms with Crippen LogP contribution in [0.25, 0.3) is 0 Å². The zero-order chi connectivity index (χ0) is 21.3. The number of nitrogens with one attached hydrogen (secondary N) is 1. The van der Waals surface area contributed by atoms with E-state index in [0.29, 0.717) is 31.3 Å². The van der Waals surface area contributed by atoms with Gasteiger partial charge in [-0.25, -0.2) is 0 Å². The lowest BCUT2D eigenvalue weighted by atomic mass is 10.2. The van der Waals surface area contributed by atoms with Crippen molar-refractivity contribution in [2.75, 3.05) is 65.6 Å². The molecule has 7 heteroatoms. The van der Waals surface area contributed by atoms with Crippen LogP contribution in [0.1, 0.15) is 5.56 Å². The molecule has 1 saturated heterocycles. The van der Waals surface area contributed by atoms with Gasteiger partial charge in [-0.15, -0.1) is 0 Å². The number of hydrogen-bond donors (Lipinski definition) is 2. The molecule has 0 saturated carbocycles. The van der Waals surface area contributed by atoms with Crippen LogP contribution >= 0.6 is 0 Å². The Bertz CT molecular complexity index is 793. The standard InChI is InChI=1S/C23H32N2O5/c1-27-21-7-5-4-6-20(21)25-12-10-24(11-13-25)15-19(26)17-30-16-18-8-9-22(28-2)23(14-18)29-3/h4-9,14,19,26H,10-13,15-17H2,1-3H3/p+1/t19-/m0/s1. The molecular weight excluding hydrogens is 384 g/mol. The fraction of sp³-hybridized carbons (Fsp3) is 0.478. The van der Waals surface area contributed by atoms with E-state index < -0.39 is 6.10 Å². The number of aliphatic hydroxyl groups is 1. The number of methoxy groups -OCH3 is 3. The highest BCUT2D eigenvalue weighted by Gasteiger charge is 2.24. The second-order valence-electron chi connectivity index (χ2n) is 7.47. The summed E-state index contributed by atoms with van der Waals surface area (Å²) in [6.45, 7) is 5.26. The smallest absolute Gasteiger partial charge is 0.161 e. The summed E-state index contributed by atoms with van der Waals surface area (Å²) in [5.74, 6) is 2.28. The molecule has 0 aromatic heterocycles. The van der Waals surface area contributed by atoms with Crippen molar-refractivity contribution in [1.29, 1.82) is 0 Å². The average Bonchev–Trinajstić information content (AvgIpc) is 2.79. The van der Waals surface area contributed by atoms with E-state index in [-0.39, 0.29) is 0 Å². The second kappa shape index (κ2) is 11.1. The third-order valence-electron chi connectivity index (χ3n) is 5.45. The number of ether oxygens (including phenoxy) is 4. The summed E-state index contributed by atoms with van der Waals surface area (Å²) in [5.41, 5.74) is 2.12. The molecule has 1 aliphatic rings. The summed E-state index contributed by atoms with van der Waals surface area (Å²) in [5, 5.41) is 10.4. The summed E-state index contributed by atoms with van der Waals surface area (Å²) in [6, 6.07) is 13.8. The molecule has 0 bridgehead atoms. The van der Waals surface area contributed by atoms with Gasteiger partial charge in [0.05, 0.1) is 66.4 Å². The first-order valence-electron chi connectivity index (χ1n) is 10.3. The lowest BCUT2D eigenvalue weighted by Gasteiger charge is -2.35. The SMILES string of the molecule is COc1ccc(COC[C@@H](O)C[NH+]2CCN(c3ccccc3OC)CC2)cc1OC. The van der Waals surface area contributed by atoms with Gasteiger partial charge in [0.25, 0.3) is 0 Å². The highest BCUT2D eigenvalue weighted by molar-refractivity contribution is 5.58. The predicted molar refractivity (Wildman–Crippen MR) is 116 cm³/mol. The summed E-state index contributed by atoms with van der Waals surface area (Å²) in [6.07, 6.45) is -0.488. The van der Waals surface area contributed by atoms with Crippen molar-refractivity contribution in [3.05, 3.63) is 48.0 Å². The summed E-state index contributed by atoms with van der Waals surface area (Å²) < 4.78 is 21.8. The number of aliphatic hydroxyl groups excluding tert-OH is 1. The van der Waals surface area contributed by atoms with E-state index in [1.54, 1.807) is 21.3 Å². The van der Waals surface area contributed by atoms with Gasteiger partial charge >= 0.3 is 0 Å². The van der Waals surface area contributed by atoms with Gasteiger partial charge < -0.3 is 33.9 Å². The Hall–Kier alpha value is -2.48. The Morgan fingerprint density at radius 2 is 1.63 bits per heavy atom. The average molecular weight is 418 g/mol. The predicted octanol–water partition coefficient (Wildman–Crippen LogP) is 0.995. The Labute approximate surface area is 178 Å². The van der Waals surface area contributed by atoms with Gasteiger partial charge in [-0.05, 0) is 29.8 Å². The Morgan fingerprint density at radius 3 is 2.33 bits per heavy atom. The molecule has 30 heavy (non-hydrogen) atoms. The molecule has 1 atom stereocenters. The minimum Gasteiger partial charge on any atom is -0.495 e. The largest absolute Gasteiger partial charge is 0.495 e. The molecule has 7 nitrogen and oxygen atoms in total. The molecule has 2 aromatic carbocycles. The highest BCUT2D eigenvalue weighted by Crippen LogP contribution is 2.28. The summed E-state index contributed by atoms with van der Waals surface area (Å²) >= 11 is 0. The van der Waals surface area contributed by atoms with E-state index in [0.717, 1.165) is 43.2 Å². The monoisotopic (exact) mass is 417 g/mol. The molecule has 0 spiro atoms. The number of para-hydroxylation sites is 2. The van der Waals surface area contributed by atoms with E-state index in [1.165, 1.54) is 4.90 Å². The highest BCUT2D eigenvalue weighted by atomic mass is 16.5. The molecule has 3 rings (SSSR count). The molecule has 1 heterocycles. The first kappa shape index (κ1) is 22.2. The number of rotatable bonds is 10. The Balaban J connectivity index is 1.40. The van der Waals surface area contributed by atoms with Crippen molar-refractivity contribution in [2.24, 2.45) is 0 Å². The van der Waals surface area contributed by atoms with Crippen LogP contribution in [0.3, 0.4) is 0 Å². The number of piperazine rings is 1. The molecule has 0 aliphatic carbocycles. The van der Waals surface area contributed by atoms with Gasteiger partial charge in [0.2, 0.25) is 0 Å². The van der Waals surface area contributed by atoms with Crippen LogP contribution in [0.4, 0.5) is 5.69 Å². The van der Waals surface area contributed by atoms with Crippen LogP contribution in [0, 0.1) is 0 Å². The minimum absolute atomic E-state index is 0.314. The lowest BCUT2D eigenvalue weighted by molar-refractivity contribution is -0.903. The van der Waals surface area contributed by atoms with Crippen LogP contribution < -0.4 is 24.0 Å². The van der Waals surface area contributed by atoms with Crippen molar-refractivity contribution in [3.63, 3.8) is 0 Å². The van der Waals surface area contributed by atoms with Crippen LogP contribution in [0.2, 0.25) is 0 Å². The fourth-order valence-corrected chi connectivity index (χ4v) is 3.83. The van der Waals surface area contributed by atoms with E-state index in [4.69, 9.17) is 18.9 Å². The third kappa shape index (κ3) is 5.78. The molecule has 164 valence electrons. The molecule has 1 fully saturated rings. The molecular formula is C23H33N2O5+. The maximum Gasteiger partial charge on any atom is 0.161 e. The zero-order valence-corrected chi connectivity index (χ0v) is 18.1. The molecule has 0 unspecified atom stereocenters. The second-order valence-corrected chi connectivity index (χ2v) is 7.47. The van der Waals surface area contributed by atoms with Crippen LogP contribution in [0.5, 0.6) is 17.2 Å². The zero-order valence-electron chi connectivity index (χ0n) is 18.1. The number of hydrogen-bond acceptors (Lipinski definition) is 6. The van der Waals surface area contributed by atoms with Gasteiger partial charge in [0.15, 0.2) is 11.5 Å². The van der Waals surface area contributed by atoms with Gasteiger partial charge in [-0.1, -0.05) is 18.2 Å². The van der Waals surface area contributed by atoms with Crippen molar-refractivity contribution < 1.29 is 29.0 Å². The maximum atomic E-state index is 10.4. The van der Waals surface area contributed by atoms with E-state index in [9.17, 15) is 5.11 Å². The maximum absolute atomic E-state index is 10.4. The van der Waals surface area contributed by atoms with E-state index in [2.05, 4.69) is 11.0 Å². The van der Waals surface area contributed by atoms with Gasteiger partial charge in [-0.2, -0.15) is 0 Å². The van der Waals surface area contributed by atoms with Gasteiger partial charge in [0, 0.05) is 0 Å². The van der Waals surface area contributed by atoms with Crippen LogP contribution in [-0.4, -0.2) is 71.9 Å². The van der Waals surface area contributed by atoms with Gasteiger partial charge in [0.1, 0.15) is 18.4 Å². The van der Waals surface area contributed by atoms with Crippen LogP contribution in [0.15, 0.2) is 42.5 Å². The molecule has 0 amide bonds. The number of benzene rings is 2. The topological polar surface area (TPSA) is 64.8 Å². The van der Waals surface area contributed by atoms with Crippen molar-refractivity contribution in [1.82, 2.24) is 0 Å². The van der Waals surface area contributed by atoms with Crippen LogP contribution in [-0.2, 0) is 11.3 Å². The molecule has 0 radical (unpaired) electrons. The Morgan fingerprint density at radius 1 is 0.933 bits per heavy atom. The molecule has 1 aliphatic heterocycles. The quantitative estimate of drug-likeness (QED) is 0.601. The number of anilines is 1. The molecule has 2 N–H and O–H groups in total. The number of nitrogens with zero attached hydrogens (tertiary/aromatic N) is 1. The van der Waals surface area contributed by atoms with E-state index >= 15 is 0 Å². The lowest BCUT2D eigenvalue weighted by Crippen LogP contribution is -3.16. The van der Waals surface area contributed by atoms with Crippen molar-refractivity contribution in [3.8, 4) is 17.2 Å². The van der Waals surface area contributed by atoms with Crippen molar-refractivity contribution in [2.45, 2.75) is 12.7 Å². The fourth-order valence-electron chi connectivity index (χ4n) is 3.83. The first-order valence-corrected chi connectivity index (χ1v) is 10.3. The van der Waals surface area contributed by atoms with E-state index in [1.807, 2.05) is 36.4 Å². The first-order chi connectivity index (χ1) is 14.6. The number of quaternary nitrogens is 1. The molecule has 2 aromatic rings. The Kier molecular flexibility index (Phi) is 8.19. The summed E-state index contributed by atoms with van der Waals surface area (Å²) in [7, 11) is 4.93. The third-order valence-corrected chi connectivity index (χ3v) is 5.45. The van der Waals surface area contributed by atoms with Crippen molar-refractivity contribution >= 4 is 5.69 Å².